The van der Waals surface area contributed by atoms with Crippen molar-refractivity contribution in [1.29, 1.82) is 0 Å². The van der Waals surface area contributed by atoms with Crippen LogP contribution in [0.3, 0.4) is 0 Å². The summed E-state index contributed by atoms with van der Waals surface area (Å²) in [4.78, 5) is 11.8. The Morgan fingerprint density at radius 1 is 0.292 bits per heavy atom. The molecule has 7 nitrogen and oxygen atoms in total. The first-order valence-corrected chi connectivity index (χ1v) is 48.8. The number of aliphatic hydroxyl groups is 4. The van der Waals surface area contributed by atoms with Gasteiger partial charge in [0.2, 0.25) is 0 Å². The number of halogens is 3. The maximum absolute atomic E-state index is 13.3. The van der Waals surface area contributed by atoms with E-state index in [2.05, 4.69) is 323 Å². The van der Waals surface area contributed by atoms with Crippen molar-refractivity contribution in [2.24, 2.45) is 21.7 Å². The first kappa shape index (κ1) is 124. The lowest BCUT2D eigenvalue weighted by atomic mass is 9.85. The molecule has 0 heterocycles. The molecule has 0 aliphatic heterocycles. The Morgan fingerprint density at radius 2 is 0.526 bits per heavy atom. The first-order chi connectivity index (χ1) is 62.7. The summed E-state index contributed by atoms with van der Waals surface area (Å²) in [6.45, 7) is 80.6. The van der Waals surface area contributed by atoms with Gasteiger partial charge in [0.15, 0.2) is 0 Å². The van der Waals surface area contributed by atoms with Crippen LogP contribution >= 0.6 is 0 Å². The molecule has 0 radical (unpaired) electrons. The second-order valence-electron chi connectivity index (χ2n) is 44.5. The Hall–Kier alpha value is -10.9. The molecule has 0 saturated heterocycles. The molecule has 137 heavy (non-hydrogen) atoms. The monoisotopic (exact) mass is 1860 g/mol. The highest BCUT2D eigenvalue weighted by Gasteiger charge is 2.32. The fourth-order valence-electron chi connectivity index (χ4n) is 11.5. The summed E-state index contributed by atoms with van der Waals surface area (Å²) in [5.41, 5.74) is 11.5. The Labute approximate surface area is 831 Å². The maximum Gasteiger partial charge on any atom is 0.408 e. The van der Waals surface area contributed by atoms with Gasteiger partial charge < -0.3 is 30.5 Å². The zero-order valence-electron chi connectivity index (χ0n) is 91.4. The van der Waals surface area contributed by atoms with E-state index >= 15 is 0 Å². The highest BCUT2D eigenvalue weighted by Crippen LogP contribution is 2.29. The molecular weight excluding hydrogens is 1690 g/mol. The van der Waals surface area contributed by atoms with E-state index in [1.807, 2.05) is 165 Å². The van der Waals surface area contributed by atoms with Crippen molar-refractivity contribution in [3.05, 3.63) is 282 Å². The lowest BCUT2D eigenvalue weighted by Gasteiger charge is -2.30. The van der Waals surface area contributed by atoms with Gasteiger partial charge in [0.05, 0.1) is 11.1 Å². The van der Waals surface area contributed by atoms with Gasteiger partial charge >= 0.3 is 6.09 Å². The van der Waals surface area contributed by atoms with E-state index in [-0.39, 0.29) is 51.5 Å². The van der Waals surface area contributed by atoms with Gasteiger partial charge in [-0.2, -0.15) is 0 Å². The molecule has 740 valence electrons. The van der Waals surface area contributed by atoms with Crippen LogP contribution < -0.4 is 5.32 Å². The molecule has 0 aromatic heterocycles. The average Bonchev–Trinajstić information content (AvgIpc) is 0.839. The quantitative estimate of drug-likeness (QED) is 0.0692. The molecule has 0 aliphatic carbocycles. The topological polar surface area (TPSA) is 119 Å². The van der Waals surface area contributed by atoms with E-state index in [0.717, 1.165) is 55.6 Å². The van der Waals surface area contributed by atoms with Gasteiger partial charge in [-0.05, 0) is 372 Å². The molecule has 5 N–H and O–H groups in total. The Kier molecular flexibility index (Phi) is 51.5. The molecule has 0 spiro atoms. The Bertz CT molecular complexity index is 5380. The van der Waals surface area contributed by atoms with Crippen LogP contribution in [0.2, 0.25) is 0 Å². The zero-order valence-corrected chi connectivity index (χ0v) is 91.4. The second-order valence-corrected chi connectivity index (χ2v) is 44.5. The maximum atomic E-state index is 13.3. The zero-order chi connectivity index (χ0) is 105. The fourth-order valence-corrected chi connectivity index (χ4v) is 11.5. The molecular formula is C127H170F3NO6. The third-order valence-corrected chi connectivity index (χ3v) is 20.3. The van der Waals surface area contributed by atoms with Crippen LogP contribution in [0.5, 0.6) is 0 Å². The van der Waals surface area contributed by atoms with Crippen LogP contribution in [0.4, 0.5) is 18.0 Å². The van der Waals surface area contributed by atoms with Crippen LogP contribution in [0.1, 0.15) is 439 Å². The van der Waals surface area contributed by atoms with E-state index in [9.17, 15) is 38.4 Å². The summed E-state index contributed by atoms with van der Waals surface area (Å²) in [7, 11) is 0. The molecule has 0 saturated carbocycles. The van der Waals surface area contributed by atoms with Crippen molar-refractivity contribution in [2.45, 2.75) is 384 Å². The molecule has 0 fully saturated rings. The van der Waals surface area contributed by atoms with E-state index < -0.39 is 39.6 Å². The first-order valence-electron chi connectivity index (χ1n) is 48.8. The highest BCUT2D eigenvalue weighted by atomic mass is 19.1. The molecule has 10 heteroatoms. The second kappa shape index (κ2) is 56.9. The molecule has 3 unspecified atom stereocenters. The number of hydrogen-bond acceptors (Lipinski definition) is 6. The molecule has 8 aromatic carbocycles. The van der Waals surface area contributed by atoms with E-state index in [1.54, 1.807) is 39.8 Å². The SMILES string of the molecule is CC(C)c1cc(F)cc(C#CC(C)(C)C)c1.CC(C)c1cc(F)cc(C#CC(C)(C)C)c1.CC(C)c1cc(F)cc(C#CC(C)(C)O)c1.CC(C)c1cccc(C#CC(C)(C)C)c1.CC(C)c1cccc(C#CC(C)(C)C)c1.CC(C)c1cccc(C#CC(C)(C)NC(=O)OC(C)(C)C)c1.CCC(C)(O)C#Cc1cccc(C(C)C)c1.CCC(C)(O)CC(O)(C#Cc1cccc(C(C)C)c1)CC. The minimum absolute atomic E-state index is 0.0513. The van der Waals surface area contributed by atoms with Crippen molar-refractivity contribution in [3.63, 3.8) is 0 Å². The number of alkyl carbamates (subject to hydrolysis) is 1. The van der Waals surface area contributed by atoms with Crippen LogP contribution in [0, 0.1) is 134 Å². The van der Waals surface area contributed by atoms with Crippen molar-refractivity contribution in [3.8, 4) is 94.7 Å². The number of benzene rings is 8. The van der Waals surface area contributed by atoms with Gasteiger partial charge in [0, 0.05) is 72.6 Å². The summed E-state index contributed by atoms with van der Waals surface area (Å²) in [5.74, 6) is 51.7. The lowest BCUT2D eigenvalue weighted by Crippen LogP contribution is -2.44. The fraction of sp³-hybridized carbons (Fsp3) is 0.488. The molecule has 0 bridgehead atoms. The minimum Gasteiger partial charge on any atom is -0.444 e. The van der Waals surface area contributed by atoms with Crippen molar-refractivity contribution in [1.82, 2.24) is 5.32 Å². The molecule has 3 atom stereocenters. The van der Waals surface area contributed by atoms with Crippen LogP contribution in [0.15, 0.2) is 176 Å². The normalized spacial score (nSPS) is 12.4. The largest absolute Gasteiger partial charge is 0.444 e. The summed E-state index contributed by atoms with van der Waals surface area (Å²) in [6.07, 6.45) is 1.55. The number of hydrogen-bond donors (Lipinski definition) is 5. The van der Waals surface area contributed by atoms with E-state index in [1.165, 1.54) is 52.1 Å². The number of carbonyl (C=O) groups excluding carboxylic acids is 1. The predicted octanol–water partition coefficient (Wildman–Crippen LogP) is 31.8. The molecule has 8 aromatic rings. The number of nitrogens with one attached hydrogen (secondary N) is 1. The number of rotatable bonds is 14. The van der Waals surface area contributed by atoms with Gasteiger partial charge in [0.1, 0.15) is 39.9 Å². The van der Waals surface area contributed by atoms with Crippen molar-refractivity contribution >= 4 is 6.09 Å². The minimum atomic E-state index is -1.15. The van der Waals surface area contributed by atoms with Gasteiger partial charge in [-0.15, -0.1) is 0 Å². The standard InChI is InChI=1S/C19H27NO2.C19H28O2.2C15H19F.C15H20O.2C15H20.C14H17FO/c1-14(2)16-10-8-9-15(13-16)11-12-19(6,7)20-17(21)22-18(3,4)5;1-6-18(5,20)14-19(21,7-2)12-11-16-9-8-10-17(13-16)15(3)4;2*1-11(2)13-8-12(9-14(16)10-13)6-7-15(3,4)5;1-5-15(4,16)10-9-13-7-6-8-14(11-13)12(2)3;2*1-12(2)14-8-6-7-13(11-14)9-10-15(3,4)5;1-10(2)12-7-11(8-13(15)9-12)5-6-14(3,4)16/h8-10,13-14H,1-7H3,(H,20,21);8-10,13,15,20-21H,6-7,14H2,1-5H3;2*8-11H,1-5H3;6-8,11-12,16H,5H2,1-4H3;2*6-8,11-12H,1-5H3;7-10,16H,1-4H3. The number of ether oxygens (including phenoxy) is 1. The summed E-state index contributed by atoms with van der Waals surface area (Å²) >= 11 is 0. The Morgan fingerprint density at radius 3 is 0.752 bits per heavy atom. The molecule has 1 amide bonds. The Balaban J connectivity index is 0.000000786. The molecule has 0 aliphatic rings. The van der Waals surface area contributed by atoms with Gasteiger partial charge in [-0.1, -0.05) is 287 Å². The summed E-state index contributed by atoms with van der Waals surface area (Å²) < 4.78 is 45.2. The average molecular weight is 1860 g/mol. The lowest BCUT2D eigenvalue weighted by molar-refractivity contribution is -0.0287. The van der Waals surface area contributed by atoms with Gasteiger partial charge in [0.25, 0.3) is 0 Å². The third-order valence-electron chi connectivity index (χ3n) is 20.3. The number of carbonyl (C=O) groups is 1. The van der Waals surface area contributed by atoms with Crippen LogP contribution in [-0.2, 0) is 4.74 Å². The summed E-state index contributed by atoms with van der Waals surface area (Å²) in [5, 5.41) is 42.8. The molecule has 8 rings (SSSR count). The van der Waals surface area contributed by atoms with Gasteiger partial charge in [-0.25, -0.2) is 18.0 Å². The van der Waals surface area contributed by atoms with Crippen molar-refractivity contribution in [2.75, 3.05) is 0 Å². The predicted molar refractivity (Wildman–Crippen MR) is 578 cm³/mol. The van der Waals surface area contributed by atoms with Crippen molar-refractivity contribution < 1.29 is 43.1 Å². The van der Waals surface area contributed by atoms with Gasteiger partial charge in [-0.3, -0.25) is 0 Å². The van der Waals surface area contributed by atoms with E-state index in [0.29, 0.717) is 66.3 Å². The third kappa shape index (κ3) is 58.5. The highest BCUT2D eigenvalue weighted by molar-refractivity contribution is 5.69. The smallest absolute Gasteiger partial charge is 0.408 e. The number of amides is 1. The van der Waals surface area contributed by atoms with E-state index in [4.69, 9.17) is 4.74 Å². The van der Waals surface area contributed by atoms with Crippen LogP contribution in [0.25, 0.3) is 0 Å². The summed E-state index contributed by atoms with van der Waals surface area (Å²) in [6, 6.07) is 56.3. The van der Waals surface area contributed by atoms with Crippen LogP contribution in [-0.4, -0.2) is 60.1 Å².